The zero-order valence-corrected chi connectivity index (χ0v) is 11.3. The first-order valence-electron chi connectivity index (χ1n) is 5.08. The van der Waals surface area contributed by atoms with E-state index in [9.17, 15) is 13.2 Å². The Balaban J connectivity index is 0.000000331. The highest BCUT2D eigenvalue weighted by Crippen LogP contribution is 2.05. The van der Waals surface area contributed by atoms with E-state index in [0.717, 1.165) is 0 Å². The maximum Gasteiger partial charge on any atom is 0.320 e. The molecule has 102 valence electrons. The van der Waals surface area contributed by atoms with Crippen LogP contribution in [0.25, 0.3) is 0 Å². The van der Waals surface area contributed by atoms with Gasteiger partial charge in [-0.3, -0.25) is 14.2 Å². The topological polar surface area (TPSA) is 94.9 Å². The molecule has 0 fully saturated rings. The zero-order valence-electron chi connectivity index (χ0n) is 10.4. The van der Waals surface area contributed by atoms with Gasteiger partial charge >= 0.3 is 5.97 Å². The van der Waals surface area contributed by atoms with Gasteiger partial charge in [-0.1, -0.05) is 18.2 Å². The first-order chi connectivity index (χ1) is 8.16. The van der Waals surface area contributed by atoms with E-state index in [1.807, 2.05) is 0 Å². The van der Waals surface area contributed by atoms with Crippen molar-refractivity contribution in [2.24, 2.45) is 0 Å². The maximum atomic E-state index is 10.4. The second kappa shape index (κ2) is 7.10. The molecule has 0 radical (unpaired) electrons. The molecule has 1 atom stereocenters. The third-order valence-corrected chi connectivity index (χ3v) is 3.04. The van der Waals surface area contributed by atoms with Crippen molar-refractivity contribution in [2.45, 2.75) is 17.9 Å². The number of hydrogen-bond acceptors (Lipinski definition) is 4. The second-order valence-corrected chi connectivity index (χ2v) is 5.19. The number of hydrogen-bond donors (Lipinski definition) is 2. The molecule has 0 aromatic heterocycles. The Bertz CT molecular complexity index is 469. The molecule has 2 N–H and O–H groups in total. The Morgan fingerprint density at radius 1 is 1.22 bits per heavy atom. The standard InChI is InChI=1S/C6H6O3S.C5H11NO2/c7-10(8,9)6-4-2-1-3-5-6;1-4(5(7)8)6(2)3/h1-5H,(H,7,8,9);4H,1-3H3,(H,7,8). The van der Waals surface area contributed by atoms with Crippen LogP contribution in [0.4, 0.5) is 0 Å². The number of carboxylic acid groups (broad SMARTS) is 1. The summed E-state index contributed by atoms with van der Waals surface area (Å²) in [6.07, 6.45) is 0. The molecule has 6 nitrogen and oxygen atoms in total. The third kappa shape index (κ3) is 6.33. The van der Waals surface area contributed by atoms with Crippen molar-refractivity contribution in [3.05, 3.63) is 30.3 Å². The van der Waals surface area contributed by atoms with Gasteiger partial charge in [-0.2, -0.15) is 8.42 Å². The quantitative estimate of drug-likeness (QED) is 0.798. The summed E-state index contributed by atoms with van der Waals surface area (Å²) in [5, 5.41) is 8.31. The average Bonchev–Trinajstić information content (AvgIpc) is 2.28. The fourth-order valence-corrected chi connectivity index (χ4v) is 1.31. The van der Waals surface area contributed by atoms with E-state index >= 15 is 0 Å². The molecule has 0 aliphatic rings. The van der Waals surface area contributed by atoms with E-state index in [1.165, 1.54) is 12.1 Å². The van der Waals surface area contributed by atoms with Gasteiger partial charge in [0, 0.05) is 0 Å². The number of aliphatic carboxylic acids is 1. The van der Waals surface area contributed by atoms with Crippen LogP contribution in [-0.4, -0.2) is 49.1 Å². The maximum absolute atomic E-state index is 10.4. The number of carboxylic acids is 1. The van der Waals surface area contributed by atoms with Gasteiger partial charge < -0.3 is 5.11 Å². The summed E-state index contributed by atoms with van der Waals surface area (Å²) >= 11 is 0. The predicted octanol–water partition coefficient (Wildman–Crippen LogP) is 0.954. The van der Waals surface area contributed by atoms with Crippen LogP contribution in [0.2, 0.25) is 0 Å². The van der Waals surface area contributed by atoms with E-state index < -0.39 is 16.1 Å². The molecule has 0 aliphatic carbocycles. The van der Waals surface area contributed by atoms with Crippen molar-refractivity contribution in [3.8, 4) is 0 Å². The van der Waals surface area contributed by atoms with E-state index in [0.29, 0.717) is 0 Å². The van der Waals surface area contributed by atoms with Crippen LogP contribution >= 0.6 is 0 Å². The minimum Gasteiger partial charge on any atom is -0.480 e. The zero-order chi connectivity index (χ0) is 14.3. The first-order valence-corrected chi connectivity index (χ1v) is 6.52. The summed E-state index contributed by atoms with van der Waals surface area (Å²) in [5.41, 5.74) is 0. The molecular formula is C11H17NO5S. The summed E-state index contributed by atoms with van der Waals surface area (Å²) in [5.74, 6) is -0.782. The summed E-state index contributed by atoms with van der Waals surface area (Å²) < 4.78 is 29.2. The summed E-state index contributed by atoms with van der Waals surface area (Å²) in [7, 11) is -0.533. The fourth-order valence-electron chi connectivity index (χ4n) is 0.813. The number of likely N-dealkylation sites (N-methyl/N-ethyl adjacent to an activating group) is 1. The van der Waals surface area contributed by atoms with Crippen LogP contribution in [0.15, 0.2) is 35.2 Å². The molecule has 0 amide bonds. The van der Waals surface area contributed by atoms with Gasteiger partial charge in [0.15, 0.2) is 0 Å². The molecule has 7 heteroatoms. The summed E-state index contributed by atoms with van der Waals surface area (Å²) in [4.78, 5) is 11.7. The van der Waals surface area contributed by atoms with Crippen molar-refractivity contribution in [3.63, 3.8) is 0 Å². The Morgan fingerprint density at radius 3 is 1.83 bits per heavy atom. The molecule has 0 saturated heterocycles. The highest BCUT2D eigenvalue weighted by atomic mass is 32.2. The highest BCUT2D eigenvalue weighted by Gasteiger charge is 2.11. The van der Waals surface area contributed by atoms with Gasteiger partial charge in [0.1, 0.15) is 6.04 Å². The molecule has 1 aromatic rings. The fraction of sp³-hybridized carbons (Fsp3) is 0.364. The molecule has 1 unspecified atom stereocenters. The molecule has 0 saturated carbocycles. The molecule has 0 bridgehead atoms. The monoisotopic (exact) mass is 275 g/mol. The van der Waals surface area contributed by atoms with Gasteiger partial charge in [-0.15, -0.1) is 0 Å². The highest BCUT2D eigenvalue weighted by molar-refractivity contribution is 7.85. The Kier molecular flexibility index (Phi) is 6.53. The molecule has 0 aliphatic heterocycles. The number of carbonyl (C=O) groups is 1. The van der Waals surface area contributed by atoms with Gasteiger partial charge in [0.2, 0.25) is 0 Å². The molecule has 0 spiro atoms. The van der Waals surface area contributed by atoms with Crippen LogP contribution in [-0.2, 0) is 14.9 Å². The smallest absolute Gasteiger partial charge is 0.320 e. The minimum atomic E-state index is -4.00. The number of nitrogens with zero attached hydrogens (tertiary/aromatic N) is 1. The Morgan fingerprint density at radius 2 is 1.67 bits per heavy atom. The van der Waals surface area contributed by atoms with E-state index in [4.69, 9.17) is 9.66 Å². The molecular weight excluding hydrogens is 258 g/mol. The lowest BCUT2D eigenvalue weighted by atomic mass is 10.3. The van der Waals surface area contributed by atoms with Crippen molar-refractivity contribution < 1.29 is 22.9 Å². The normalized spacial score (nSPS) is 12.5. The molecule has 1 rings (SSSR count). The summed E-state index contributed by atoms with van der Waals surface area (Å²) in [6.45, 7) is 1.64. The molecule has 0 heterocycles. The van der Waals surface area contributed by atoms with Crippen molar-refractivity contribution >= 4 is 16.1 Å². The number of benzene rings is 1. The number of rotatable bonds is 3. The average molecular weight is 275 g/mol. The largest absolute Gasteiger partial charge is 0.480 e. The minimum absolute atomic E-state index is 0.0741. The van der Waals surface area contributed by atoms with Crippen LogP contribution in [0, 0.1) is 0 Å². The van der Waals surface area contributed by atoms with E-state index in [1.54, 1.807) is 44.1 Å². The van der Waals surface area contributed by atoms with E-state index in [2.05, 4.69) is 0 Å². The van der Waals surface area contributed by atoms with Gasteiger partial charge in [0.05, 0.1) is 4.90 Å². The molecule has 18 heavy (non-hydrogen) atoms. The first kappa shape index (κ1) is 16.6. The van der Waals surface area contributed by atoms with Crippen LogP contribution in [0.1, 0.15) is 6.92 Å². The van der Waals surface area contributed by atoms with Crippen LogP contribution < -0.4 is 0 Å². The van der Waals surface area contributed by atoms with Crippen molar-refractivity contribution in [1.82, 2.24) is 4.90 Å². The van der Waals surface area contributed by atoms with Crippen molar-refractivity contribution in [1.29, 1.82) is 0 Å². The Hall–Kier alpha value is -1.44. The van der Waals surface area contributed by atoms with Gasteiger partial charge in [-0.05, 0) is 33.2 Å². The summed E-state index contributed by atoms with van der Waals surface area (Å²) in [6, 6.07) is 7.04. The van der Waals surface area contributed by atoms with E-state index in [-0.39, 0.29) is 10.9 Å². The Labute approximate surface area is 107 Å². The lowest BCUT2D eigenvalue weighted by Crippen LogP contribution is -2.32. The van der Waals surface area contributed by atoms with Gasteiger partial charge in [-0.25, -0.2) is 0 Å². The molecule has 1 aromatic carbocycles. The lowest BCUT2D eigenvalue weighted by Gasteiger charge is -2.13. The third-order valence-electron chi connectivity index (χ3n) is 2.17. The second-order valence-electron chi connectivity index (χ2n) is 3.77. The lowest BCUT2D eigenvalue weighted by molar-refractivity contribution is -0.141. The SMILES string of the molecule is CC(C(=O)O)N(C)C.O=S(=O)(O)c1ccccc1. The van der Waals surface area contributed by atoms with Crippen molar-refractivity contribution in [2.75, 3.05) is 14.1 Å². The predicted molar refractivity (Wildman–Crippen MR) is 67.0 cm³/mol. The van der Waals surface area contributed by atoms with Crippen LogP contribution in [0.5, 0.6) is 0 Å². The van der Waals surface area contributed by atoms with Gasteiger partial charge in [0.25, 0.3) is 10.1 Å². The van der Waals surface area contributed by atoms with Crippen LogP contribution in [0.3, 0.4) is 0 Å².